The average molecular weight is 383 g/mol. The summed E-state index contributed by atoms with van der Waals surface area (Å²) in [5, 5.41) is 13.2. The molecule has 2 aliphatic heterocycles. The van der Waals surface area contributed by atoms with Crippen molar-refractivity contribution in [3.63, 3.8) is 0 Å². The average Bonchev–Trinajstić information content (AvgIpc) is 2.73. The van der Waals surface area contributed by atoms with Crippen molar-refractivity contribution in [3.05, 3.63) is 58.4 Å². The number of hydrogen-bond donors (Lipinski definition) is 2. The topological polar surface area (TPSA) is 79.7 Å². The van der Waals surface area contributed by atoms with Crippen LogP contribution in [0.25, 0.3) is 16.8 Å². The molecule has 0 radical (unpaired) electrons. The molecular formula is C19H15ClN4O3. The number of methoxy groups -OCH3 is 1. The third-order valence-corrected chi connectivity index (χ3v) is 4.94. The summed E-state index contributed by atoms with van der Waals surface area (Å²) in [5.41, 5.74) is 5.79. The number of aliphatic hydroxyl groups is 1. The highest BCUT2D eigenvalue weighted by molar-refractivity contribution is 6.31. The van der Waals surface area contributed by atoms with Crippen molar-refractivity contribution in [2.45, 2.75) is 6.04 Å². The van der Waals surface area contributed by atoms with Gasteiger partial charge in [0.1, 0.15) is 17.5 Å². The van der Waals surface area contributed by atoms with Gasteiger partial charge >= 0.3 is 0 Å². The number of rotatable bonds is 1. The minimum atomic E-state index is -0.508. The zero-order valence-electron chi connectivity index (χ0n) is 14.5. The third kappa shape index (κ3) is 2.39. The lowest BCUT2D eigenvalue weighted by atomic mass is 10.0. The molecule has 27 heavy (non-hydrogen) atoms. The molecule has 0 saturated carbocycles. The predicted octanol–water partition coefficient (Wildman–Crippen LogP) is 3.61. The first-order chi connectivity index (χ1) is 13.0. The number of nitrogens with one attached hydrogen (secondary N) is 1. The van der Waals surface area contributed by atoms with E-state index in [-0.39, 0.29) is 11.5 Å². The normalized spacial score (nSPS) is 17.9. The number of benzene rings is 2. The lowest BCUT2D eigenvalue weighted by molar-refractivity contribution is 0.308. The molecule has 136 valence electrons. The van der Waals surface area contributed by atoms with E-state index in [0.717, 1.165) is 5.56 Å². The first kappa shape index (κ1) is 16.2. The van der Waals surface area contributed by atoms with Crippen LogP contribution < -0.4 is 19.9 Å². The number of hydrogen-bond acceptors (Lipinski definition) is 7. The second-order valence-electron chi connectivity index (χ2n) is 6.37. The summed E-state index contributed by atoms with van der Waals surface area (Å²) in [4.78, 5) is 9.35. The lowest BCUT2D eigenvalue weighted by Gasteiger charge is -2.27. The van der Waals surface area contributed by atoms with Crippen molar-refractivity contribution in [2.75, 3.05) is 19.2 Å². The molecule has 0 spiro atoms. The Balaban J connectivity index is 1.74. The Kier molecular flexibility index (Phi) is 3.43. The number of ether oxygens (including phenoxy) is 2. The maximum absolute atomic E-state index is 10.9. The summed E-state index contributed by atoms with van der Waals surface area (Å²) >= 11 is 6.10. The maximum atomic E-state index is 10.9. The molecule has 0 fully saturated rings. The largest absolute Gasteiger partial charge is 0.506 e. The molecule has 8 heteroatoms. The van der Waals surface area contributed by atoms with Crippen LogP contribution >= 0.6 is 11.6 Å². The monoisotopic (exact) mass is 382 g/mol. The lowest BCUT2D eigenvalue weighted by Crippen LogP contribution is -2.38. The standard InChI is InChI=1S/C19H15ClN4O3/c1-24-19-16(21-13-7-9(20)3-5-12(13)22-19)18-17(25)15(23-24)11-8-10(26-2)4-6-14(11)27-18/h3-8,15,23,25H,1-2H3. The summed E-state index contributed by atoms with van der Waals surface area (Å²) < 4.78 is 11.3. The van der Waals surface area contributed by atoms with Crippen molar-refractivity contribution in [2.24, 2.45) is 0 Å². The van der Waals surface area contributed by atoms with Gasteiger partial charge in [0.05, 0.1) is 18.1 Å². The summed E-state index contributed by atoms with van der Waals surface area (Å²) in [7, 11) is 3.42. The van der Waals surface area contributed by atoms with E-state index in [0.29, 0.717) is 39.1 Å². The van der Waals surface area contributed by atoms with Crippen LogP contribution in [0, 0.1) is 0 Å². The van der Waals surface area contributed by atoms with E-state index in [1.165, 1.54) is 0 Å². The van der Waals surface area contributed by atoms with E-state index in [4.69, 9.17) is 21.1 Å². The predicted molar refractivity (Wildman–Crippen MR) is 102 cm³/mol. The molecule has 3 heterocycles. The van der Waals surface area contributed by atoms with Gasteiger partial charge < -0.3 is 14.6 Å². The summed E-state index contributed by atoms with van der Waals surface area (Å²) in [6.07, 6.45) is 0. The summed E-state index contributed by atoms with van der Waals surface area (Å²) in [5.74, 6) is 2.16. The van der Waals surface area contributed by atoms with Crippen LogP contribution in [0.15, 0.2) is 42.2 Å². The van der Waals surface area contributed by atoms with Crippen LogP contribution in [0.2, 0.25) is 5.02 Å². The number of nitrogens with zero attached hydrogens (tertiary/aromatic N) is 3. The molecule has 3 aromatic rings. The summed E-state index contributed by atoms with van der Waals surface area (Å²) in [6, 6.07) is 10.3. The zero-order valence-corrected chi connectivity index (χ0v) is 15.3. The Hall–Kier alpha value is -3.03. The molecule has 0 saturated heterocycles. The van der Waals surface area contributed by atoms with E-state index < -0.39 is 6.04 Å². The highest BCUT2D eigenvalue weighted by Crippen LogP contribution is 2.44. The van der Waals surface area contributed by atoms with Crippen molar-refractivity contribution in [1.29, 1.82) is 0 Å². The van der Waals surface area contributed by atoms with E-state index >= 15 is 0 Å². The first-order valence-corrected chi connectivity index (χ1v) is 8.69. The van der Waals surface area contributed by atoms with Crippen LogP contribution in [0.3, 0.4) is 0 Å². The SMILES string of the molecule is COc1ccc2c(c1)C1NN(C)c3nc4ccc(Cl)cc4nc3C(=C1O)O2. The maximum Gasteiger partial charge on any atom is 0.196 e. The van der Waals surface area contributed by atoms with Crippen LogP contribution in [-0.4, -0.2) is 29.2 Å². The van der Waals surface area contributed by atoms with Gasteiger partial charge in [-0.3, -0.25) is 5.01 Å². The molecule has 1 aromatic heterocycles. The van der Waals surface area contributed by atoms with Gasteiger partial charge in [0, 0.05) is 17.6 Å². The molecule has 0 aliphatic carbocycles. The van der Waals surface area contributed by atoms with Gasteiger partial charge in [-0.05, 0) is 36.4 Å². The fourth-order valence-electron chi connectivity index (χ4n) is 3.37. The highest BCUT2D eigenvalue weighted by atomic mass is 35.5. The van der Waals surface area contributed by atoms with Gasteiger partial charge in [0.25, 0.3) is 0 Å². The number of fused-ring (bicyclic) bond motifs is 6. The number of hydrazine groups is 1. The van der Waals surface area contributed by atoms with Crippen LogP contribution in [-0.2, 0) is 0 Å². The van der Waals surface area contributed by atoms with E-state index in [9.17, 15) is 5.11 Å². The van der Waals surface area contributed by atoms with Crippen molar-refractivity contribution >= 4 is 34.2 Å². The zero-order chi connectivity index (χ0) is 18.7. The van der Waals surface area contributed by atoms with Gasteiger partial charge in [-0.2, -0.15) is 0 Å². The van der Waals surface area contributed by atoms with Gasteiger partial charge in [0.2, 0.25) is 0 Å². The number of halogens is 1. The highest BCUT2D eigenvalue weighted by Gasteiger charge is 2.37. The minimum Gasteiger partial charge on any atom is -0.506 e. The van der Waals surface area contributed by atoms with Gasteiger partial charge in [0.15, 0.2) is 23.0 Å². The van der Waals surface area contributed by atoms with E-state index in [1.54, 1.807) is 24.3 Å². The number of anilines is 1. The Morgan fingerprint density at radius 3 is 2.85 bits per heavy atom. The second-order valence-corrected chi connectivity index (χ2v) is 6.81. The van der Waals surface area contributed by atoms with Gasteiger partial charge in [-0.25, -0.2) is 15.4 Å². The second kappa shape index (κ2) is 5.73. The molecule has 7 nitrogen and oxygen atoms in total. The molecule has 1 unspecified atom stereocenters. The van der Waals surface area contributed by atoms with Gasteiger partial charge in [-0.15, -0.1) is 0 Å². The molecule has 2 aliphatic rings. The quantitative estimate of drug-likeness (QED) is 0.665. The molecule has 5 rings (SSSR count). The van der Waals surface area contributed by atoms with Crippen LogP contribution in [0.4, 0.5) is 5.82 Å². The van der Waals surface area contributed by atoms with Crippen LogP contribution in [0.1, 0.15) is 17.3 Å². The Labute approximate surface area is 159 Å². The fourth-order valence-corrected chi connectivity index (χ4v) is 3.54. The van der Waals surface area contributed by atoms with Crippen molar-refractivity contribution < 1.29 is 14.6 Å². The molecule has 2 aromatic carbocycles. The molecule has 2 bridgehead atoms. The number of aromatic nitrogens is 2. The smallest absolute Gasteiger partial charge is 0.196 e. The Morgan fingerprint density at radius 2 is 2.04 bits per heavy atom. The summed E-state index contributed by atoms with van der Waals surface area (Å²) in [6.45, 7) is 0. The molecule has 2 N–H and O–H groups in total. The van der Waals surface area contributed by atoms with Gasteiger partial charge in [-0.1, -0.05) is 11.6 Å². The number of aliphatic hydroxyl groups excluding tert-OH is 1. The third-order valence-electron chi connectivity index (χ3n) is 4.71. The minimum absolute atomic E-state index is 0.0389. The van der Waals surface area contributed by atoms with Crippen molar-refractivity contribution in [3.8, 4) is 11.5 Å². The van der Waals surface area contributed by atoms with E-state index in [2.05, 4.69) is 15.4 Å². The van der Waals surface area contributed by atoms with E-state index in [1.807, 2.05) is 31.3 Å². The molecule has 1 atom stereocenters. The van der Waals surface area contributed by atoms with Crippen molar-refractivity contribution in [1.82, 2.24) is 15.4 Å². The molecule has 0 amide bonds. The molecular weight excluding hydrogens is 368 g/mol. The van der Waals surface area contributed by atoms with Crippen LogP contribution in [0.5, 0.6) is 11.5 Å². The Morgan fingerprint density at radius 1 is 1.19 bits per heavy atom. The first-order valence-electron chi connectivity index (χ1n) is 8.31. The fraction of sp³-hybridized carbons (Fsp3) is 0.158. The Bertz CT molecular complexity index is 1130.